The van der Waals surface area contributed by atoms with Crippen molar-refractivity contribution in [2.24, 2.45) is 44.8 Å². The van der Waals surface area contributed by atoms with E-state index in [0.717, 1.165) is 0 Å². The fraction of sp³-hybridized carbons (Fsp3) is 0.958. The second-order valence-corrected chi connectivity index (χ2v) is 13.2. The number of hydrogen-bond donors (Lipinski definition) is 1. The number of aliphatic hydroxyl groups excluding tert-OH is 1. The molecule has 3 heteroatoms. The van der Waals surface area contributed by atoms with Crippen LogP contribution in [0, 0.1) is 44.8 Å². The Morgan fingerprint density at radius 2 is 1.07 bits per heavy atom. The number of carbonyl (C=O) groups is 1. The van der Waals surface area contributed by atoms with Crippen molar-refractivity contribution in [2.45, 2.75) is 101 Å². The zero-order chi connectivity index (χ0) is 21.2. The van der Waals surface area contributed by atoms with E-state index in [0.29, 0.717) is 17.6 Å². The van der Waals surface area contributed by atoms with Crippen LogP contribution in [0.3, 0.4) is 0 Å². The van der Waals surface area contributed by atoms with Crippen LogP contribution in [0.25, 0.3) is 0 Å². The number of carbonyl (C=O) groups excluding carboxylic acids is 1. The molecule has 0 aromatic heterocycles. The Morgan fingerprint density at radius 1 is 0.667 bits per heavy atom. The Bertz CT molecular complexity index is 631. The van der Waals surface area contributed by atoms with Gasteiger partial charge in [0.2, 0.25) is 0 Å². The minimum absolute atomic E-state index is 0.0320. The Hall–Kier alpha value is -0.410. The summed E-state index contributed by atoms with van der Waals surface area (Å²) in [5.74, 6) is 1.22. The summed E-state index contributed by atoms with van der Waals surface area (Å²) in [6.45, 7) is 26.3. The number of ketones is 1. The monoisotopic (exact) mass is 378 g/mol. The summed E-state index contributed by atoms with van der Waals surface area (Å²) in [6, 6.07) is 0. The fourth-order valence-electron chi connectivity index (χ4n) is 8.67. The highest BCUT2D eigenvalue weighted by Crippen LogP contribution is 2.72. The highest BCUT2D eigenvalue weighted by molar-refractivity contribution is 5.96. The molecule has 2 saturated carbocycles. The molecule has 3 nitrogen and oxygen atoms in total. The van der Waals surface area contributed by atoms with Crippen LogP contribution in [-0.4, -0.2) is 28.7 Å². The van der Waals surface area contributed by atoms with Crippen LogP contribution in [0.4, 0.5) is 0 Å². The van der Waals surface area contributed by atoms with Crippen molar-refractivity contribution in [1.82, 2.24) is 0 Å². The largest absolute Gasteiger partial charge is 0.392 e. The van der Waals surface area contributed by atoms with E-state index >= 15 is 0 Å². The molecule has 0 amide bonds. The Morgan fingerprint density at radius 3 is 1.48 bits per heavy atom. The van der Waals surface area contributed by atoms with Crippen LogP contribution in [0.5, 0.6) is 0 Å². The second kappa shape index (κ2) is 5.19. The molecule has 1 saturated heterocycles. The average molecular weight is 379 g/mol. The first-order valence-corrected chi connectivity index (χ1v) is 10.7. The molecule has 0 aromatic carbocycles. The lowest BCUT2D eigenvalue weighted by atomic mass is 9.37. The lowest BCUT2D eigenvalue weighted by Crippen LogP contribution is -2.69. The number of ether oxygens (including phenoxy) is 1. The summed E-state index contributed by atoms with van der Waals surface area (Å²) in [6.07, 6.45) is -0.275. The molecule has 27 heavy (non-hydrogen) atoms. The van der Waals surface area contributed by atoms with E-state index in [-0.39, 0.29) is 50.8 Å². The van der Waals surface area contributed by atoms with E-state index in [1.165, 1.54) is 0 Å². The van der Waals surface area contributed by atoms with Crippen molar-refractivity contribution in [2.75, 3.05) is 0 Å². The summed E-state index contributed by atoms with van der Waals surface area (Å²) in [7, 11) is 0. The number of rotatable bonds is 2. The summed E-state index contributed by atoms with van der Waals surface area (Å²) < 4.78 is 6.85. The topological polar surface area (TPSA) is 46.5 Å². The van der Waals surface area contributed by atoms with Crippen LogP contribution >= 0.6 is 0 Å². The molecule has 0 bridgehead atoms. The molecule has 2 aliphatic carbocycles. The minimum Gasteiger partial charge on any atom is -0.392 e. The third kappa shape index (κ3) is 2.31. The van der Waals surface area contributed by atoms with Gasteiger partial charge in [0.15, 0.2) is 0 Å². The fourth-order valence-corrected chi connectivity index (χ4v) is 8.67. The van der Waals surface area contributed by atoms with Gasteiger partial charge >= 0.3 is 0 Å². The maximum Gasteiger partial charge on any atom is 0.144 e. The molecule has 2 atom stereocenters. The van der Waals surface area contributed by atoms with E-state index in [2.05, 4.69) is 83.1 Å². The third-order valence-electron chi connectivity index (χ3n) is 9.09. The first-order valence-electron chi connectivity index (χ1n) is 10.7. The van der Waals surface area contributed by atoms with Crippen molar-refractivity contribution < 1.29 is 14.6 Å². The maximum absolute atomic E-state index is 12.8. The molecule has 156 valence electrons. The van der Waals surface area contributed by atoms with Gasteiger partial charge in [-0.15, -0.1) is 0 Å². The Labute approximate surface area is 166 Å². The number of hydrogen-bond acceptors (Lipinski definition) is 3. The van der Waals surface area contributed by atoms with Crippen LogP contribution in [0.15, 0.2) is 0 Å². The first-order chi connectivity index (χ1) is 11.8. The summed E-state index contributed by atoms with van der Waals surface area (Å²) in [5.41, 5.74) is -1.34. The molecular formula is C24H42O3. The second-order valence-electron chi connectivity index (χ2n) is 13.2. The predicted octanol–water partition coefficient (Wildman–Crippen LogP) is 5.10. The average Bonchev–Trinajstić information content (AvgIpc) is 2.64. The Balaban J connectivity index is 2.06. The highest BCUT2D eigenvalue weighted by Gasteiger charge is 2.75. The number of Topliss-reactive ketones (excluding diaryl/α,β-unsaturated/α-hetero) is 1. The normalized spacial score (nSPS) is 43.1. The van der Waals surface area contributed by atoms with E-state index in [1.54, 1.807) is 0 Å². The molecule has 2 unspecified atom stereocenters. The van der Waals surface area contributed by atoms with Crippen LogP contribution in [0.1, 0.15) is 83.1 Å². The molecule has 3 aliphatic rings. The molecule has 1 aliphatic heterocycles. The van der Waals surface area contributed by atoms with Gasteiger partial charge in [0.05, 0.1) is 17.8 Å². The van der Waals surface area contributed by atoms with Crippen molar-refractivity contribution in [1.29, 1.82) is 0 Å². The van der Waals surface area contributed by atoms with Crippen molar-refractivity contribution in [3.63, 3.8) is 0 Å². The molecule has 0 aromatic rings. The maximum atomic E-state index is 12.8. The van der Waals surface area contributed by atoms with E-state index in [4.69, 9.17) is 4.74 Å². The minimum atomic E-state index is -0.347. The van der Waals surface area contributed by atoms with Crippen LogP contribution in [-0.2, 0) is 9.53 Å². The van der Waals surface area contributed by atoms with Gasteiger partial charge in [-0.25, -0.2) is 0 Å². The quantitative estimate of drug-likeness (QED) is 0.727. The van der Waals surface area contributed by atoms with Crippen molar-refractivity contribution in [3.05, 3.63) is 0 Å². The van der Waals surface area contributed by atoms with Crippen molar-refractivity contribution in [3.8, 4) is 0 Å². The van der Waals surface area contributed by atoms with Gasteiger partial charge in [0, 0.05) is 16.7 Å². The first kappa shape index (κ1) is 21.3. The van der Waals surface area contributed by atoms with E-state index in [1.807, 2.05) is 0 Å². The van der Waals surface area contributed by atoms with Gasteiger partial charge in [-0.05, 0) is 41.9 Å². The van der Waals surface area contributed by atoms with E-state index in [9.17, 15) is 9.90 Å². The SMILES string of the molecule is CC1(C)OC(C2C(C)(C)C(=O)C2(C)C)C(C)(C)C1C1C(C)(C)C(O)C1(C)C. The summed E-state index contributed by atoms with van der Waals surface area (Å²) in [4.78, 5) is 12.8. The van der Waals surface area contributed by atoms with Gasteiger partial charge in [-0.2, -0.15) is 0 Å². The molecule has 0 radical (unpaired) electrons. The standard InChI is InChI=1S/C24H42O3/c1-19(2)14(13-20(3,4)17(25)21(13,5)6)24(11,12)27-16(19)15-22(7,8)18(26)23(15,9)10/h13-17,25H,1-12H3. The smallest absolute Gasteiger partial charge is 0.144 e. The van der Waals surface area contributed by atoms with Crippen LogP contribution in [0.2, 0.25) is 0 Å². The highest BCUT2D eigenvalue weighted by atomic mass is 16.5. The summed E-state index contributed by atoms with van der Waals surface area (Å²) in [5, 5.41) is 10.8. The van der Waals surface area contributed by atoms with Crippen molar-refractivity contribution >= 4 is 5.78 Å². The third-order valence-corrected chi connectivity index (χ3v) is 9.09. The zero-order valence-corrected chi connectivity index (χ0v) is 19.7. The molecular weight excluding hydrogens is 336 g/mol. The molecule has 1 N–H and O–H groups in total. The molecule has 1 heterocycles. The zero-order valence-electron chi connectivity index (χ0n) is 19.7. The van der Waals surface area contributed by atoms with Gasteiger partial charge < -0.3 is 9.84 Å². The molecule has 0 spiro atoms. The molecule has 3 rings (SSSR count). The predicted molar refractivity (Wildman–Crippen MR) is 109 cm³/mol. The number of aliphatic hydroxyl groups is 1. The van der Waals surface area contributed by atoms with E-state index < -0.39 is 0 Å². The van der Waals surface area contributed by atoms with Gasteiger partial charge in [-0.3, -0.25) is 4.79 Å². The van der Waals surface area contributed by atoms with Gasteiger partial charge in [0.1, 0.15) is 5.78 Å². The van der Waals surface area contributed by atoms with Gasteiger partial charge in [0.25, 0.3) is 0 Å². The van der Waals surface area contributed by atoms with Gasteiger partial charge in [-0.1, -0.05) is 69.2 Å². The Kier molecular flexibility index (Phi) is 4.10. The molecule has 3 fully saturated rings. The summed E-state index contributed by atoms with van der Waals surface area (Å²) >= 11 is 0. The lowest BCUT2D eigenvalue weighted by Gasteiger charge is -2.67. The lowest BCUT2D eigenvalue weighted by molar-refractivity contribution is -0.252. The van der Waals surface area contributed by atoms with Crippen LogP contribution < -0.4 is 0 Å².